The molecule has 0 spiro atoms. The highest BCUT2D eigenvalue weighted by atomic mass is 16.5. The SMILES string of the molecule is CCCn1cc(C(NC)C(OCC)C(C)(C)C)cn1. The molecule has 1 aromatic rings. The summed E-state index contributed by atoms with van der Waals surface area (Å²) in [6.45, 7) is 12.5. The van der Waals surface area contributed by atoms with Crippen LogP contribution in [0.4, 0.5) is 0 Å². The van der Waals surface area contributed by atoms with Gasteiger partial charge in [0.05, 0.1) is 18.3 Å². The molecule has 0 aliphatic rings. The smallest absolute Gasteiger partial charge is 0.0818 e. The van der Waals surface area contributed by atoms with Crippen LogP contribution in [-0.4, -0.2) is 29.5 Å². The predicted molar refractivity (Wildman–Crippen MR) is 79.2 cm³/mol. The highest BCUT2D eigenvalue weighted by Crippen LogP contribution is 2.32. The molecular formula is C15H29N3O. The van der Waals surface area contributed by atoms with E-state index in [0.29, 0.717) is 0 Å². The van der Waals surface area contributed by atoms with Crippen molar-refractivity contribution >= 4 is 0 Å². The molecule has 1 heterocycles. The molecule has 2 unspecified atom stereocenters. The largest absolute Gasteiger partial charge is 0.376 e. The van der Waals surface area contributed by atoms with Gasteiger partial charge in [0.15, 0.2) is 0 Å². The molecule has 0 radical (unpaired) electrons. The minimum atomic E-state index is 0.0799. The van der Waals surface area contributed by atoms with Crippen molar-refractivity contribution in [2.45, 2.75) is 59.7 Å². The summed E-state index contributed by atoms with van der Waals surface area (Å²) in [5, 5.41) is 7.81. The van der Waals surface area contributed by atoms with E-state index in [1.54, 1.807) is 0 Å². The summed E-state index contributed by atoms with van der Waals surface area (Å²) in [5.74, 6) is 0. The normalized spacial score (nSPS) is 15.5. The van der Waals surface area contributed by atoms with E-state index in [-0.39, 0.29) is 17.6 Å². The molecule has 0 saturated carbocycles. The number of nitrogens with zero attached hydrogens (tertiary/aromatic N) is 2. The molecule has 0 aliphatic heterocycles. The molecule has 0 aromatic carbocycles. The lowest BCUT2D eigenvalue weighted by molar-refractivity contribution is -0.0351. The summed E-state index contributed by atoms with van der Waals surface area (Å²) in [6.07, 6.45) is 5.30. The van der Waals surface area contributed by atoms with E-state index in [1.807, 2.05) is 24.9 Å². The Morgan fingerprint density at radius 2 is 2.05 bits per heavy atom. The van der Waals surface area contributed by atoms with E-state index in [9.17, 15) is 0 Å². The second-order valence-electron chi connectivity index (χ2n) is 6.05. The van der Waals surface area contributed by atoms with Crippen LogP contribution in [0.5, 0.6) is 0 Å². The summed E-state index contributed by atoms with van der Waals surface area (Å²) >= 11 is 0. The fourth-order valence-electron chi connectivity index (χ4n) is 2.41. The van der Waals surface area contributed by atoms with Gasteiger partial charge in [-0.15, -0.1) is 0 Å². The minimum absolute atomic E-state index is 0.0799. The van der Waals surface area contributed by atoms with Crippen LogP contribution >= 0.6 is 0 Å². The van der Waals surface area contributed by atoms with Crippen LogP contribution in [0.3, 0.4) is 0 Å². The molecule has 4 nitrogen and oxygen atoms in total. The third-order valence-electron chi connectivity index (χ3n) is 3.28. The topological polar surface area (TPSA) is 39.1 Å². The van der Waals surface area contributed by atoms with Crippen LogP contribution < -0.4 is 5.32 Å². The quantitative estimate of drug-likeness (QED) is 0.825. The highest BCUT2D eigenvalue weighted by molar-refractivity contribution is 5.13. The van der Waals surface area contributed by atoms with Crippen LogP contribution in [0.15, 0.2) is 12.4 Å². The third kappa shape index (κ3) is 4.32. The number of hydrogen-bond donors (Lipinski definition) is 1. The molecule has 0 fully saturated rings. The molecule has 2 atom stereocenters. The molecule has 1 rings (SSSR count). The van der Waals surface area contributed by atoms with E-state index < -0.39 is 0 Å². The molecule has 0 amide bonds. The lowest BCUT2D eigenvalue weighted by Crippen LogP contribution is -2.40. The zero-order chi connectivity index (χ0) is 14.5. The number of likely N-dealkylation sites (N-methyl/N-ethyl adjacent to an activating group) is 1. The van der Waals surface area contributed by atoms with Gasteiger partial charge in [0.25, 0.3) is 0 Å². The minimum Gasteiger partial charge on any atom is -0.376 e. The van der Waals surface area contributed by atoms with E-state index in [1.165, 1.54) is 5.56 Å². The third-order valence-corrected chi connectivity index (χ3v) is 3.28. The Morgan fingerprint density at radius 1 is 1.37 bits per heavy atom. The lowest BCUT2D eigenvalue weighted by Gasteiger charge is -2.36. The van der Waals surface area contributed by atoms with E-state index >= 15 is 0 Å². The molecule has 4 heteroatoms. The maximum Gasteiger partial charge on any atom is 0.0818 e. The van der Waals surface area contributed by atoms with Crippen molar-refractivity contribution < 1.29 is 4.74 Å². The first-order valence-corrected chi connectivity index (χ1v) is 7.25. The highest BCUT2D eigenvalue weighted by Gasteiger charge is 2.33. The van der Waals surface area contributed by atoms with E-state index in [2.05, 4.69) is 44.3 Å². The van der Waals surface area contributed by atoms with Crippen molar-refractivity contribution in [2.24, 2.45) is 5.41 Å². The monoisotopic (exact) mass is 267 g/mol. The number of ether oxygens (including phenoxy) is 1. The fraction of sp³-hybridized carbons (Fsp3) is 0.800. The van der Waals surface area contributed by atoms with Gasteiger partial charge in [-0.25, -0.2) is 0 Å². The average molecular weight is 267 g/mol. The standard InChI is InChI=1S/C15H29N3O/c1-7-9-18-11-12(10-17-18)13(16-6)14(19-8-2)15(3,4)5/h10-11,13-14,16H,7-9H2,1-6H3. The van der Waals surface area contributed by atoms with E-state index in [4.69, 9.17) is 4.74 Å². The van der Waals surface area contributed by atoms with Crippen LogP contribution in [-0.2, 0) is 11.3 Å². The summed E-state index contributed by atoms with van der Waals surface area (Å²) in [6, 6.07) is 0.172. The van der Waals surface area contributed by atoms with E-state index in [0.717, 1.165) is 19.6 Å². The predicted octanol–water partition coefficient (Wildman–Crippen LogP) is 3.00. The number of hydrogen-bond acceptors (Lipinski definition) is 3. The van der Waals surface area contributed by atoms with Gasteiger partial charge in [-0.05, 0) is 25.8 Å². The van der Waals surface area contributed by atoms with Crippen LogP contribution in [0.25, 0.3) is 0 Å². The Balaban J connectivity index is 2.95. The molecule has 19 heavy (non-hydrogen) atoms. The Labute approximate surface area is 117 Å². The van der Waals surface area contributed by atoms with Gasteiger partial charge < -0.3 is 10.1 Å². The maximum atomic E-state index is 5.98. The second-order valence-corrected chi connectivity index (χ2v) is 6.05. The van der Waals surface area contributed by atoms with Crippen molar-refractivity contribution in [1.82, 2.24) is 15.1 Å². The van der Waals surface area contributed by atoms with Crippen LogP contribution in [0.1, 0.15) is 52.6 Å². The van der Waals surface area contributed by atoms with Crippen molar-refractivity contribution in [1.29, 1.82) is 0 Å². The van der Waals surface area contributed by atoms with Gasteiger partial charge in [-0.3, -0.25) is 4.68 Å². The molecular weight excluding hydrogens is 238 g/mol. The Morgan fingerprint density at radius 3 is 2.53 bits per heavy atom. The Hall–Kier alpha value is -0.870. The van der Waals surface area contributed by atoms with Gasteiger partial charge in [0.2, 0.25) is 0 Å². The van der Waals surface area contributed by atoms with Crippen LogP contribution in [0, 0.1) is 5.41 Å². The van der Waals surface area contributed by atoms with Crippen LogP contribution in [0.2, 0.25) is 0 Å². The first-order chi connectivity index (χ1) is 8.93. The fourth-order valence-corrected chi connectivity index (χ4v) is 2.41. The van der Waals surface area contributed by atoms with Gasteiger partial charge in [0.1, 0.15) is 0 Å². The molecule has 0 saturated heterocycles. The average Bonchev–Trinajstić information content (AvgIpc) is 2.77. The molecule has 0 bridgehead atoms. The zero-order valence-electron chi connectivity index (χ0n) is 13.2. The molecule has 1 aromatic heterocycles. The van der Waals surface area contributed by atoms with Gasteiger partial charge in [-0.1, -0.05) is 27.7 Å². The van der Waals surface area contributed by atoms with Crippen molar-refractivity contribution in [3.05, 3.63) is 18.0 Å². The van der Waals surface area contributed by atoms with Crippen molar-refractivity contribution in [3.63, 3.8) is 0 Å². The summed E-state index contributed by atoms with van der Waals surface area (Å²) in [5.41, 5.74) is 1.28. The summed E-state index contributed by atoms with van der Waals surface area (Å²) < 4.78 is 7.99. The number of nitrogens with one attached hydrogen (secondary N) is 1. The molecule has 0 aliphatic carbocycles. The zero-order valence-corrected chi connectivity index (χ0v) is 13.2. The second kappa shape index (κ2) is 7.06. The van der Waals surface area contributed by atoms with Gasteiger partial charge in [0, 0.05) is 24.9 Å². The van der Waals surface area contributed by atoms with Crippen molar-refractivity contribution in [3.8, 4) is 0 Å². The number of aromatic nitrogens is 2. The van der Waals surface area contributed by atoms with Gasteiger partial charge >= 0.3 is 0 Å². The summed E-state index contributed by atoms with van der Waals surface area (Å²) in [4.78, 5) is 0. The summed E-state index contributed by atoms with van der Waals surface area (Å²) in [7, 11) is 1.99. The molecule has 1 N–H and O–H groups in total. The van der Waals surface area contributed by atoms with Crippen molar-refractivity contribution in [2.75, 3.05) is 13.7 Å². The molecule has 110 valence electrons. The Kier molecular flexibility index (Phi) is 6.01. The number of rotatable bonds is 7. The Bertz CT molecular complexity index is 368. The number of aryl methyl sites for hydroxylation is 1. The maximum absolute atomic E-state index is 5.98. The lowest BCUT2D eigenvalue weighted by atomic mass is 9.82. The van der Waals surface area contributed by atoms with Gasteiger partial charge in [-0.2, -0.15) is 5.10 Å². The first kappa shape index (κ1) is 16.2. The first-order valence-electron chi connectivity index (χ1n) is 7.25.